The number of rotatable bonds is 7. The number of para-hydroxylation sites is 1. The number of likely N-dealkylation sites (tertiary alicyclic amines) is 1. The van der Waals surface area contributed by atoms with E-state index in [9.17, 15) is 4.79 Å². The van der Waals surface area contributed by atoms with E-state index in [0.29, 0.717) is 6.42 Å². The van der Waals surface area contributed by atoms with Gasteiger partial charge < -0.3 is 14.8 Å². The van der Waals surface area contributed by atoms with Gasteiger partial charge in [-0.1, -0.05) is 54.6 Å². The Kier molecular flexibility index (Phi) is 6.91. The highest BCUT2D eigenvalue weighted by Crippen LogP contribution is 2.41. The molecule has 5 nitrogen and oxygen atoms in total. The molecule has 3 heterocycles. The second kappa shape index (κ2) is 10.1. The van der Waals surface area contributed by atoms with Crippen LogP contribution >= 0.6 is 11.3 Å². The normalized spacial score (nSPS) is 16.4. The SMILES string of the molecule is Cc1[nH]c2ccccc2c1N(C)C(CC(=O)N1CCC(c2cccs2)(N(C)C)CC1)c1ccccc1. The molecule has 2 aromatic heterocycles. The maximum Gasteiger partial charge on any atom is 0.224 e. The average Bonchev–Trinajstić information content (AvgIpc) is 3.55. The van der Waals surface area contributed by atoms with Gasteiger partial charge in [-0.2, -0.15) is 0 Å². The second-order valence-corrected chi connectivity index (χ2v) is 11.1. The van der Waals surface area contributed by atoms with E-state index < -0.39 is 0 Å². The van der Waals surface area contributed by atoms with Gasteiger partial charge in [-0.05, 0) is 56.9 Å². The summed E-state index contributed by atoms with van der Waals surface area (Å²) in [5.74, 6) is 0.228. The zero-order valence-electron chi connectivity index (χ0n) is 21.7. The molecule has 1 unspecified atom stereocenters. The average molecular weight is 501 g/mol. The van der Waals surface area contributed by atoms with Crippen LogP contribution in [0.15, 0.2) is 72.1 Å². The summed E-state index contributed by atoms with van der Waals surface area (Å²) < 4.78 is 0. The summed E-state index contributed by atoms with van der Waals surface area (Å²) in [4.78, 5) is 25.4. The number of H-pyrrole nitrogens is 1. The first-order valence-corrected chi connectivity index (χ1v) is 13.6. The number of aromatic amines is 1. The Morgan fingerprint density at radius 1 is 1.00 bits per heavy atom. The molecule has 0 saturated carbocycles. The van der Waals surface area contributed by atoms with Crippen LogP contribution in [0, 0.1) is 6.92 Å². The predicted molar refractivity (Wildman–Crippen MR) is 151 cm³/mol. The molecule has 1 amide bonds. The van der Waals surface area contributed by atoms with E-state index in [1.165, 1.54) is 10.3 Å². The third-order valence-electron chi connectivity index (χ3n) is 8.01. The Balaban J connectivity index is 1.39. The topological polar surface area (TPSA) is 42.6 Å². The van der Waals surface area contributed by atoms with Crippen LogP contribution in [0.4, 0.5) is 5.69 Å². The third-order valence-corrected chi connectivity index (χ3v) is 9.07. The number of carbonyl (C=O) groups excluding carboxylic acids is 1. The Labute approximate surface area is 218 Å². The molecule has 0 radical (unpaired) electrons. The van der Waals surface area contributed by atoms with E-state index in [0.717, 1.165) is 48.4 Å². The van der Waals surface area contributed by atoms with E-state index in [1.807, 2.05) is 17.4 Å². The van der Waals surface area contributed by atoms with Crippen LogP contribution < -0.4 is 4.90 Å². The van der Waals surface area contributed by atoms with Gasteiger partial charge in [-0.25, -0.2) is 0 Å². The monoisotopic (exact) mass is 500 g/mol. The van der Waals surface area contributed by atoms with Crippen LogP contribution in [-0.4, -0.2) is 54.9 Å². The summed E-state index contributed by atoms with van der Waals surface area (Å²) in [6.45, 7) is 3.68. The number of hydrogen-bond donors (Lipinski definition) is 1. The van der Waals surface area contributed by atoms with Crippen LogP contribution in [0.25, 0.3) is 10.9 Å². The molecule has 1 atom stereocenters. The van der Waals surface area contributed by atoms with Gasteiger partial charge in [-0.3, -0.25) is 9.69 Å². The molecule has 188 valence electrons. The lowest BCUT2D eigenvalue weighted by atomic mass is 9.84. The highest BCUT2D eigenvalue weighted by molar-refractivity contribution is 7.10. The molecule has 5 rings (SSSR count). The van der Waals surface area contributed by atoms with Gasteiger partial charge >= 0.3 is 0 Å². The zero-order chi connectivity index (χ0) is 25.3. The van der Waals surface area contributed by atoms with Crippen molar-refractivity contribution in [3.63, 3.8) is 0 Å². The number of benzene rings is 2. The summed E-state index contributed by atoms with van der Waals surface area (Å²) in [7, 11) is 6.46. The number of aryl methyl sites for hydroxylation is 1. The number of piperidine rings is 1. The van der Waals surface area contributed by atoms with Crippen LogP contribution in [0.2, 0.25) is 0 Å². The second-order valence-electron chi connectivity index (χ2n) is 10.2. The largest absolute Gasteiger partial charge is 0.365 e. The number of nitrogens with zero attached hydrogens (tertiary/aromatic N) is 3. The van der Waals surface area contributed by atoms with Crippen molar-refractivity contribution in [2.24, 2.45) is 0 Å². The fraction of sp³-hybridized carbons (Fsp3) is 0.367. The molecule has 36 heavy (non-hydrogen) atoms. The fourth-order valence-corrected chi connectivity index (χ4v) is 6.97. The molecule has 1 N–H and O–H groups in total. The maximum atomic E-state index is 13.8. The first kappa shape index (κ1) is 24.6. The standard InChI is InChI=1S/C30H36N4OS/c1-22-29(24-13-8-9-14-25(24)31-22)33(4)26(23-11-6-5-7-12-23)21-28(35)34-18-16-30(17-19-34,32(2)3)27-15-10-20-36-27/h5-15,20,26,31H,16-19,21H2,1-4H3. The first-order chi connectivity index (χ1) is 17.4. The van der Waals surface area contributed by atoms with Gasteiger partial charge in [0.2, 0.25) is 5.91 Å². The van der Waals surface area contributed by atoms with E-state index in [2.05, 4.69) is 114 Å². The summed E-state index contributed by atoms with van der Waals surface area (Å²) in [5.41, 5.74) is 4.59. The number of aromatic nitrogens is 1. The van der Waals surface area contributed by atoms with Crippen LogP contribution in [0.1, 0.15) is 41.4 Å². The summed E-state index contributed by atoms with van der Waals surface area (Å²) >= 11 is 1.82. The number of hydrogen-bond acceptors (Lipinski definition) is 4. The van der Waals surface area contributed by atoms with Crippen molar-refractivity contribution < 1.29 is 4.79 Å². The summed E-state index contributed by atoms with van der Waals surface area (Å²) in [6.07, 6.45) is 2.37. The van der Waals surface area contributed by atoms with E-state index >= 15 is 0 Å². The molecule has 4 aromatic rings. The predicted octanol–water partition coefficient (Wildman–Crippen LogP) is 6.18. The van der Waals surface area contributed by atoms with Crippen LogP contribution in [0.5, 0.6) is 0 Å². The van der Waals surface area contributed by atoms with Gasteiger partial charge in [0.1, 0.15) is 0 Å². The van der Waals surface area contributed by atoms with Crippen LogP contribution in [-0.2, 0) is 10.3 Å². The summed E-state index contributed by atoms with van der Waals surface area (Å²) in [6, 6.07) is 23.2. The lowest BCUT2D eigenvalue weighted by Gasteiger charge is -2.46. The van der Waals surface area contributed by atoms with Crippen molar-refractivity contribution in [1.82, 2.24) is 14.8 Å². The van der Waals surface area contributed by atoms with Crippen LogP contribution in [0.3, 0.4) is 0 Å². The quantitative estimate of drug-likeness (QED) is 0.329. The number of anilines is 1. The number of fused-ring (bicyclic) bond motifs is 1. The molecule has 0 spiro atoms. The number of thiophene rings is 1. The first-order valence-electron chi connectivity index (χ1n) is 12.7. The zero-order valence-corrected chi connectivity index (χ0v) is 22.5. The van der Waals surface area contributed by atoms with Gasteiger partial charge in [0.25, 0.3) is 0 Å². The van der Waals surface area contributed by atoms with Crippen molar-refractivity contribution in [1.29, 1.82) is 0 Å². The Morgan fingerprint density at radius 2 is 1.69 bits per heavy atom. The van der Waals surface area contributed by atoms with E-state index in [-0.39, 0.29) is 17.5 Å². The minimum atomic E-state index is -0.0468. The summed E-state index contributed by atoms with van der Waals surface area (Å²) in [5, 5.41) is 3.35. The highest BCUT2D eigenvalue weighted by Gasteiger charge is 2.40. The van der Waals surface area contributed by atoms with Crippen molar-refractivity contribution in [2.45, 2.75) is 37.8 Å². The fourth-order valence-electron chi connectivity index (χ4n) is 5.90. The smallest absolute Gasteiger partial charge is 0.224 e. The van der Waals surface area contributed by atoms with Gasteiger partial charge in [0.15, 0.2) is 0 Å². The Morgan fingerprint density at radius 3 is 2.36 bits per heavy atom. The third kappa shape index (κ3) is 4.44. The molecule has 1 aliphatic rings. The minimum Gasteiger partial charge on any atom is -0.365 e. The molecule has 0 aliphatic carbocycles. The number of nitrogens with one attached hydrogen (secondary N) is 1. The molecule has 2 aromatic carbocycles. The Bertz CT molecular complexity index is 1300. The highest BCUT2D eigenvalue weighted by atomic mass is 32.1. The van der Waals surface area contributed by atoms with Crippen molar-refractivity contribution in [2.75, 3.05) is 39.1 Å². The lowest BCUT2D eigenvalue weighted by molar-refractivity contribution is -0.134. The minimum absolute atomic E-state index is 0.0156. The van der Waals surface area contributed by atoms with Gasteiger partial charge in [0, 0.05) is 41.6 Å². The van der Waals surface area contributed by atoms with Gasteiger partial charge in [-0.15, -0.1) is 11.3 Å². The van der Waals surface area contributed by atoms with Gasteiger partial charge in [0.05, 0.1) is 23.7 Å². The number of amides is 1. The Hall–Kier alpha value is -3.09. The molecular weight excluding hydrogens is 464 g/mol. The molecule has 6 heteroatoms. The molecule has 0 bridgehead atoms. The van der Waals surface area contributed by atoms with Crippen molar-refractivity contribution in [3.05, 3.63) is 88.2 Å². The molecular formula is C30H36N4OS. The van der Waals surface area contributed by atoms with E-state index in [4.69, 9.17) is 0 Å². The lowest BCUT2D eigenvalue weighted by Crippen LogP contribution is -2.51. The molecule has 1 fully saturated rings. The number of carbonyl (C=O) groups is 1. The molecule has 1 aliphatic heterocycles. The van der Waals surface area contributed by atoms with Crippen molar-refractivity contribution in [3.8, 4) is 0 Å². The molecule has 1 saturated heterocycles. The van der Waals surface area contributed by atoms with E-state index in [1.54, 1.807) is 0 Å². The van der Waals surface area contributed by atoms with Crippen molar-refractivity contribution >= 4 is 33.8 Å². The maximum absolute atomic E-state index is 13.8.